The summed E-state index contributed by atoms with van der Waals surface area (Å²) in [7, 11) is 0. The molecule has 10 heteroatoms. The van der Waals surface area contributed by atoms with Gasteiger partial charge >= 0.3 is 6.09 Å². The number of hydrogen-bond donors (Lipinski definition) is 2. The second-order valence-electron chi connectivity index (χ2n) is 7.59. The lowest BCUT2D eigenvalue weighted by molar-refractivity contribution is 0.0484. The number of benzene rings is 2. The van der Waals surface area contributed by atoms with E-state index in [9.17, 15) is 23.5 Å². The van der Waals surface area contributed by atoms with E-state index in [1.54, 1.807) is 24.0 Å². The van der Waals surface area contributed by atoms with Gasteiger partial charge in [-0.2, -0.15) is 0 Å². The number of fused-ring (bicyclic) bond motifs is 1. The Kier molecular flexibility index (Phi) is 5.60. The Labute approximate surface area is 186 Å². The molecular weight excluding hydrogens is 444 g/mol. The zero-order chi connectivity index (χ0) is 23.2. The summed E-state index contributed by atoms with van der Waals surface area (Å²) in [5.41, 5.74) is 0.936. The highest BCUT2D eigenvalue weighted by Gasteiger charge is 2.30. The van der Waals surface area contributed by atoms with E-state index in [1.807, 2.05) is 0 Å². The van der Waals surface area contributed by atoms with Crippen LogP contribution in [-0.4, -0.2) is 62.7 Å². The molecule has 1 saturated heterocycles. The number of phenolic OH excluding ortho intramolecular Hbond substituents is 1. The SMILES string of the molecule is CC1CN(C(=O)O)CCN1C(=O)c1ccc2c(Cl)cc(-c3cc(F)c(O)c(F)c3)nc2c1. The Morgan fingerprint density at radius 1 is 1.12 bits per heavy atom. The van der Waals surface area contributed by atoms with E-state index >= 15 is 0 Å². The maximum Gasteiger partial charge on any atom is 0.407 e. The van der Waals surface area contributed by atoms with E-state index in [0.29, 0.717) is 16.5 Å². The third-order valence-corrected chi connectivity index (χ3v) is 5.79. The Bertz CT molecular complexity index is 1230. The summed E-state index contributed by atoms with van der Waals surface area (Å²) in [5, 5.41) is 19.3. The average molecular weight is 462 g/mol. The Morgan fingerprint density at radius 2 is 1.81 bits per heavy atom. The maximum atomic E-state index is 13.8. The summed E-state index contributed by atoms with van der Waals surface area (Å²) in [5.74, 6) is -3.62. The fourth-order valence-corrected chi connectivity index (χ4v) is 4.04. The van der Waals surface area contributed by atoms with Gasteiger partial charge in [0.25, 0.3) is 5.91 Å². The molecule has 1 unspecified atom stereocenters. The molecule has 0 aliphatic carbocycles. The number of hydrogen-bond acceptors (Lipinski definition) is 4. The van der Waals surface area contributed by atoms with Crippen LogP contribution in [-0.2, 0) is 0 Å². The minimum Gasteiger partial charge on any atom is -0.503 e. The largest absolute Gasteiger partial charge is 0.503 e. The molecule has 32 heavy (non-hydrogen) atoms. The molecule has 0 spiro atoms. The summed E-state index contributed by atoms with van der Waals surface area (Å²) in [6.45, 7) is 2.45. The van der Waals surface area contributed by atoms with Crippen molar-refractivity contribution >= 4 is 34.5 Å². The molecule has 0 saturated carbocycles. The Balaban J connectivity index is 1.69. The van der Waals surface area contributed by atoms with Crippen molar-refractivity contribution < 1.29 is 28.6 Å². The van der Waals surface area contributed by atoms with Crippen LogP contribution in [0, 0.1) is 11.6 Å². The monoisotopic (exact) mass is 461 g/mol. The van der Waals surface area contributed by atoms with E-state index in [2.05, 4.69) is 4.98 Å². The molecule has 0 radical (unpaired) electrons. The first-order chi connectivity index (χ1) is 15.2. The van der Waals surface area contributed by atoms with Gasteiger partial charge in [-0.15, -0.1) is 0 Å². The van der Waals surface area contributed by atoms with Gasteiger partial charge in [-0.05, 0) is 37.3 Å². The number of aromatic nitrogens is 1. The molecule has 1 atom stereocenters. The molecule has 1 aliphatic heterocycles. The predicted octanol–water partition coefficient (Wildman–Crippen LogP) is 4.36. The van der Waals surface area contributed by atoms with Gasteiger partial charge in [0.1, 0.15) is 0 Å². The van der Waals surface area contributed by atoms with Crippen molar-refractivity contribution in [2.75, 3.05) is 19.6 Å². The Hall–Kier alpha value is -3.46. The number of carboxylic acid groups (broad SMARTS) is 1. The van der Waals surface area contributed by atoms with Crippen LogP contribution >= 0.6 is 11.6 Å². The molecule has 166 valence electrons. The molecule has 2 N–H and O–H groups in total. The quantitative estimate of drug-likeness (QED) is 0.591. The number of carbonyl (C=O) groups is 2. The van der Waals surface area contributed by atoms with Crippen molar-refractivity contribution in [3.05, 3.63) is 58.6 Å². The van der Waals surface area contributed by atoms with Crippen molar-refractivity contribution in [2.45, 2.75) is 13.0 Å². The van der Waals surface area contributed by atoms with E-state index in [4.69, 9.17) is 16.7 Å². The van der Waals surface area contributed by atoms with Gasteiger partial charge in [-0.1, -0.05) is 17.7 Å². The van der Waals surface area contributed by atoms with Gasteiger partial charge in [-0.25, -0.2) is 18.6 Å². The van der Waals surface area contributed by atoms with Crippen LogP contribution in [0.2, 0.25) is 5.02 Å². The summed E-state index contributed by atoms with van der Waals surface area (Å²) in [6, 6.07) is 7.81. The van der Waals surface area contributed by atoms with Crippen LogP contribution in [0.1, 0.15) is 17.3 Å². The molecular formula is C22H18ClF2N3O4. The van der Waals surface area contributed by atoms with Gasteiger partial charge in [-0.3, -0.25) is 4.79 Å². The van der Waals surface area contributed by atoms with Crippen molar-refractivity contribution in [1.82, 2.24) is 14.8 Å². The van der Waals surface area contributed by atoms with Crippen LogP contribution in [0.15, 0.2) is 36.4 Å². The van der Waals surface area contributed by atoms with Crippen molar-refractivity contribution in [2.24, 2.45) is 0 Å². The van der Waals surface area contributed by atoms with E-state index in [0.717, 1.165) is 12.1 Å². The van der Waals surface area contributed by atoms with Crippen molar-refractivity contribution in [3.8, 4) is 17.0 Å². The second-order valence-corrected chi connectivity index (χ2v) is 7.99. The van der Waals surface area contributed by atoms with Gasteiger partial charge in [0.15, 0.2) is 17.4 Å². The van der Waals surface area contributed by atoms with E-state index in [-0.39, 0.29) is 47.9 Å². The highest BCUT2D eigenvalue weighted by atomic mass is 35.5. The van der Waals surface area contributed by atoms with Gasteiger partial charge in [0, 0.05) is 42.2 Å². The van der Waals surface area contributed by atoms with Gasteiger partial charge in [0.2, 0.25) is 0 Å². The number of piperazine rings is 1. The van der Waals surface area contributed by atoms with Gasteiger partial charge in [0.05, 0.1) is 16.2 Å². The number of phenols is 1. The number of aromatic hydroxyl groups is 1. The number of amides is 2. The summed E-state index contributed by atoms with van der Waals surface area (Å²) >= 11 is 6.34. The fraction of sp³-hybridized carbons (Fsp3) is 0.227. The molecule has 3 aromatic rings. The van der Waals surface area contributed by atoms with Crippen LogP contribution in [0.3, 0.4) is 0 Å². The van der Waals surface area contributed by atoms with E-state index in [1.165, 1.54) is 17.0 Å². The molecule has 2 aromatic carbocycles. The first-order valence-corrected chi connectivity index (χ1v) is 10.1. The number of nitrogens with zero attached hydrogens (tertiary/aromatic N) is 3. The van der Waals surface area contributed by atoms with Crippen LogP contribution in [0.5, 0.6) is 5.75 Å². The molecule has 1 aliphatic rings. The minimum absolute atomic E-state index is 0.0803. The highest BCUT2D eigenvalue weighted by molar-refractivity contribution is 6.35. The molecule has 0 bridgehead atoms. The van der Waals surface area contributed by atoms with Crippen LogP contribution < -0.4 is 0 Å². The number of rotatable bonds is 2. The number of halogens is 3. The van der Waals surface area contributed by atoms with Gasteiger partial charge < -0.3 is 20.0 Å². The second kappa shape index (κ2) is 8.23. The first kappa shape index (κ1) is 21.8. The van der Waals surface area contributed by atoms with Crippen LogP contribution in [0.25, 0.3) is 22.2 Å². The smallest absolute Gasteiger partial charge is 0.407 e. The summed E-state index contributed by atoms with van der Waals surface area (Å²) in [4.78, 5) is 31.5. The third kappa shape index (κ3) is 3.91. The minimum atomic E-state index is -1.13. The topological polar surface area (TPSA) is 94.0 Å². The summed E-state index contributed by atoms with van der Waals surface area (Å²) < 4.78 is 27.6. The average Bonchev–Trinajstić information content (AvgIpc) is 2.76. The molecule has 7 nitrogen and oxygen atoms in total. The van der Waals surface area contributed by atoms with Crippen molar-refractivity contribution in [1.29, 1.82) is 0 Å². The normalized spacial score (nSPS) is 16.4. The highest BCUT2D eigenvalue weighted by Crippen LogP contribution is 2.32. The number of pyridine rings is 1. The van der Waals surface area contributed by atoms with Crippen LogP contribution in [0.4, 0.5) is 13.6 Å². The van der Waals surface area contributed by atoms with Crippen molar-refractivity contribution in [3.63, 3.8) is 0 Å². The lowest BCUT2D eigenvalue weighted by atomic mass is 10.1. The zero-order valence-corrected chi connectivity index (χ0v) is 17.6. The lowest BCUT2D eigenvalue weighted by Crippen LogP contribution is -2.55. The molecule has 4 rings (SSSR count). The zero-order valence-electron chi connectivity index (χ0n) is 16.8. The molecule has 1 aromatic heterocycles. The molecule has 2 amide bonds. The predicted molar refractivity (Wildman–Crippen MR) is 114 cm³/mol. The molecule has 1 fully saturated rings. The fourth-order valence-electron chi connectivity index (χ4n) is 3.78. The molecule has 2 heterocycles. The lowest BCUT2D eigenvalue weighted by Gasteiger charge is -2.38. The Morgan fingerprint density at radius 3 is 2.44 bits per heavy atom. The first-order valence-electron chi connectivity index (χ1n) is 9.73. The standard InChI is InChI=1S/C22H18ClF2N3O4/c1-11-10-27(22(31)32)4-5-28(11)21(30)12-2-3-14-15(23)9-18(26-19(14)8-12)13-6-16(24)20(29)17(25)7-13/h2-3,6-9,11,29H,4-5,10H2,1H3,(H,31,32). The third-order valence-electron chi connectivity index (χ3n) is 5.48. The number of carbonyl (C=O) groups excluding carboxylic acids is 1. The summed E-state index contributed by atoms with van der Waals surface area (Å²) in [6.07, 6.45) is -1.02. The van der Waals surface area contributed by atoms with E-state index < -0.39 is 23.5 Å². The maximum absolute atomic E-state index is 13.8.